The number of carbonyl (C=O) groups excluding carboxylic acids is 2. The van der Waals surface area contributed by atoms with E-state index in [1.807, 2.05) is 12.3 Å². The summed E-state index contributed by atoms with van der Waals surface area (Å²) >= 11 is 3.20. The van der Waals surface area contributed by atoms with Crippen LogP contribution in [0.2, 0.25) is 0 Å². The van der Waals surface area contributed by atoms with Crippen LogP contribution in [0.25, 0.3) is 10.0 Å². The number of aromatic nitrogens is 2. The monoisotopic (exact) mass is 362 g/mol. The van der Waals surface area contributed by atoms with E-state index in [1.54, 1.807) is 28.9 Å². The molecule has 24 heavy (non-hydrogen) atoms. The number of nitrogens with zero attached hydrogens (tertiary/aromatic N) is 2. The molecule has 0 aliphatic heterocycles. The first-order chi connectivity index (χ1) is 11.7. The van der Waals surface area contributed by atoms with Gasteiger partial charge in [-0.05, 0) is 31.6 Å². The second kappa shape index (κ2) is 8.12. The molecule has 1 aliphatic rings. The molecule has 0 bridgehead atoms. The second-order valence-corrected chi connectivity index (χ2v) is 8.14. The molecule has 0 unspecified atom stereocenters. The molecule has 2 heterocycles. The van der Waals surface area contributed by atoms with Crippen LogP contribution >= 0.6 is 22.7 Å². The average molecular weight is 363 g/mol. The SMILES string of the molecule is CCC(=O)CCCCCC(=O)c1nc(-c2nccs2)sc1C1CC1. The van der Waals surface area contributed by atoms with Crippen molar-refractivity contribution >= 4 is 34.2 Å². The van der Waals surface area contributed by atoms with Gasteiger partial charge < -0.3 is 0 Å². The van der Waals surface area contributed by atoms with Gasteiger partial charge in [-0.3, -0.25) is 9.59 Å². The minimum absolute atomic E-state index is 0.151. The number of hydrogen-bond donors (Lipinski definition) is 0. The normalized spacial score (nSPS) is 14.0. The van der Waals surface area contributed by atoms with Gasteiger partial charge in [-0.1, -0.05) is 13.3 Å². The standard InChI is InChI=1S/C18H22N2O2S2/c1-2-13(21)6-4-3-5-7-14(22)15-16(12-8-9-12)24-18(20-15)17-19-10-11-23-17/h10-12H,2-9H2,1H3. The van der Waals surface area contributed by atoms with E-state index in [0.29, 0.717) is 36.7 Å². The van der Waals surface area contributed by atoms with Crippen molar-refractivity contribution in [3.8, 4) is 10.0 Å². The topological polar surface area (TPSA) is 59.9 Å². The Morgan fingerprint density at radius 1 is 1.17 bits per heavy atom. The molecule has 4 nitrogen and oxygen atoms in total. The van der Waals surface area contributed by atoms with E-state index in [4.69, 9.17) is 0 Å². The van der Waals surface area contributed by atoms with Crippen LogP contribution in [-0.4, -0.2) is 21.5 Å². The minimum atomic E-state index is 0.151. The third-order valence-corrected chi connectivity index (χ3v) is 6.37. The first-order valence-electron chi connectivity index (χ1n) is 8.64. The summed E-state index contributed by atoms with van der Waals surface area (Å²) in [7, 11) is 0. The maximum atomic E-state index is 12.6. The summed E-state index contributed by atoms with van der Waals surface area (Å²) < 4.78 is 0. The molecule has 0 N–H and O–H groups in total. The Balaban J connectivity index is 1.59. The van der Waals surface area contributed by atoms with Crippen molar-refractivity contribution < 1.29 is 9.59 Å². The fourth-order valence-electron chi connectivity index (χ4n) is 2.65. The first-order valence-corrected chi connectivity index (χ1v) is 10.3. The number of Topliss-reactive ketones (excluding diaryl/α,β-unsaturated/α-hetero) is 2. The van der Waals surface area contributed by atoms with E-state index in [0.717, 1.165) is 34.2 Å². The van der Waals surface area contributed by atoms with E-state index >= 15 is 0 Å². The molecule has 0 saturated heterocycles. The lowest BCUT2D eigenvalue weighted by atomic mass is 10.0. The number of rotatable bonds is 10. The van der Waals surface area contributed by atoms with Gasteiger partial charge in [0, 0.05) is 35.7 Å². The van der Waals surface area contributed by atoms with Crippen LogP contribution in [0.5, 0.6) is 0 Å². The van der Waals surface area contributed by atoms with Gasteiger partial charge in [0.15, 0.2) is 15.8 Å². The smallest absolute Gasteiger partial charge is 0.182 e. The fraction of sp³-hybridized carbons (Fsp3) is 0.556. The molecular weight excluding hydrogens is 340 g/mol. The summed E-state index contributed by atoms with van der Waals surface area (Å²) in [5, 5.41) is 3.72. The molecule has 0 amide bonds. The molecule has 1 fully saturated rings. The molecule has 0 atom stereocenters. The van der Waals surface area contributed by atoms with Crippen LogP contribution in [0.3, 0.4) is 0 Å². The van der Waals surface area contributed by atoms with E-state index in [2.05, 4.69) is 9.97 Å². The Morgan fingerprint density at radius 3 is 2.62 bits per heavy atom. The maximum absolute atomic E-state index is 12.6. The van der Waals surface area contributed by atoms with Crippen LogP contribution < -0.4 is 0 Å². The zero-order valence-corrected chi connectivity index (χ0v) is 15.5. The highest BCUT2D eigenvalue weighted by Gasteiger charge is 2.32. The Labute approximate surface area is 150 Å². The highest BCUT2D eigenvalue weighted by Crippen LogP contribution is 2.46. The molecule has 1 saturated carbocycles. The lowest BCUT2D eigenvalue weighted by Crippen LogP contribution is -2.03. The first kappa shape index (κ1) is 17.4. The molecule has 2 aromatic rings. The van der Waals surface area contributed by atoms with Crippen molar-refractivity contribution in [2.75, 3.05) is 0 Å². The minimum Gasteiger partial charge on any atom is -0.300 e. The average Bonchev–Trinajstić information content (AvgIpc) is 3.12. The van der Waals surface area contributed by atoms with Gasteiger partial charge >= 0.3 is 0 Å². The van der Waals surface area contributed by atoms with E-state index in [-0.39, 0.29) is 5.78 Å². The molecule has 2 aromatic heterocycles. The summed E-state index contributed by atoms with van der Waals surface area (Å²) in [6.45, 7) is 1.90. The van der Waals surface area contributed by atoms with Gasteiger partial charge in [-0.2, -0.15) is 0 Å². The van der Waals surface area contributed by atoms with Crippen molar-refractivity contribution in [3.05, 3.63) is 22.1 Å². The van der Waals surface area contributed by atoms with Crippen molar-refractivity contribution in [1.82, 2.24) is 9.97 Å². The number of carbonyl (C=O) groups is 2. The highest BCUT2D eigenvalue weighted by molar-refractivity contribution is 7.20. The Morgan fingerprint density at radius 2 is 1.96 bits per heavy atom. The Kier molecular flexibility index (Phi) is 5.89. The molecule has 0 radical (unpaired) electrons. The van der Waals surface area contributed by atoms with E-state index in [9.17, 15) is 9.59 Å². The quantitative estimate of drug-likeness (QED) is 0.427. The van der Waals surface area contributed by atoms with Gasteiger partial charge in [-0.25, -0.2) is 9.97 Å². The lowest BCUT2D eigenvalue weighted by molar-refractivity contribution is -0.118. The third-order valence-electron chi connectivity index (χ3n) is 4.23. The highest BCUT2D eigenvalue weighted by atomic mass is 32.1. The van der Waals surface area contributed by atoms with Crippen LogP contribution in [0.4, 0.5) is 0 Å². The van der Waals surface area contributed by atoms with Crippen LogP contribution in [0.1, 0.15) is 79.6 Å². The van der Waals surface area contributed by atoms with Gasteiger partial charge in [-0.15, -0.1) is 22.7 Å². The van der Waals surface area contributed by atoms with Crippen LogP contribution in [0, 0.1) is 0 Å². The van der Waals surface area contributed by atoms with Gasteiger partial charge in [0.25, 0.3) is 0 Å². The summed E-state index contributed by atoms with van der Waals surface area (Å²) in [6, 6.07) is 0. The van der Waals surface area contributed by atoms with Crippen molar-refractivity contribution in [3.63, 3.8) is 0 Å². The van der Waals surface area contributed by atoms with Crippen molar-refractivity contribution in [2.45, 2.75) is 64.2 Å². The molecule has 1 aliphatic carbocycles. The van der Waals surface area contributed by atoms with Gasteiger partial charge in [0.2, 0.25) is 0 Å². The largest absolute Gasteiger partial charge is 0.300 e. The number of ketones is 2. The maximum Gasteiger partial charge on any atom is 0.182 e. The number of unbranched alkanes of at least 4 members (excludes halogenated alkanes) is 2. The molecule has 128 valence electrons. The van der Waals surface area contributed by atoms with Gasteiger partial charge in [0.1, 0.15) is 11.5 Å². The van der Waals surface area contributed by atoms with E-state index in [1.165, 1.54) is 12.8 Å². The molecule has 6 heteroatoms. The summed E-state index contributed by atoms with van der Waals surface area (Å²) in [6.07, 6.45) is 8.54. The second-order valence-electron chi connectivity index (χ2n) is 6.22. The van der Waals surface area contributed by atoms with Crippen molar-refractivity contribution in [1.29, 1.82) is 0 Å². The van der Waals surface area contributed by atoms with E-state index < -0.39 is 0 Å². The Bertz CT molecular complexity index is 703. The zero-order chi connectivity index (χ0) is 16.9. The predicted octanol–water partition coefficient (Wildman–Crippen LogP) is 5.26. The Hall–Kier alpha value is -1.40. The number of thiazole rings is 2. The third kappa shape index (κ3) is 4.36. The zero-order valence-electron chi connectivity index (χ0n) is 13.9. The molecule has 0 aromatic carbocycles. The molecular formula is C18H22N2O2S2. The summed E-state index contributed by atoms with van der Waals surface area (Å²) in [4.78, 5) is 34.0. The fourth-order valence-corrected chi connectivity index (χ4v) is 4.59. The van der Waals surface area contributed by atoms with Crippen LogP contribution in [0.15, 0.2) is 11.6 Å². The number of hydrogen-bond acceptors (Lipinski definition) is 6. The van der Waals surface area contributed by atoms with Crippen LogP contribution in [-0.2, 0) is 4.79 Å². The summed E-state index contributed by atoms with van der Waals surface area (Å²) in [5.41, 5.74) is 0.678. The molecule has 0 spiro atoms. The summed E-state index contributed by atoms with van der Waals surface area (Å²) in [5.74, 6) is 0.986. The van der Waals surface area contributed by atoms with Crippen molar-refractivity contribution in [2.24, 2.45) is 0 Å². The van der Waals surface area contributed by atoms with Gasteiger partial charge in [0.05, 0.1) is 0 Å². The molecule has 3 rings (SSSR count). The predicted molar refractivity (Wildman–Crippen MR) is 97.9 cm³/mol. The lowest BCUT2D eigenvalue weighted by Gasteiger charge is -2.01.